The summed E-state index contributed by atoms with van der Waals surface area (Å²) < 4.78 is 6.00. The molecule has 5 nitrogen and oxygen atoms in total. The number of ether oxygens (including phenoxy) is 1. The van der Waals surface area contributed by atoms with Crippen molar-refractivity contribution in [1.82, 2.24) is 4.98 Å². The number of carbonyl (C=O) groups is 1. The summed E-state index contributed by atoms with van der Waals surface area (Å²) in [6.45, 7) is 10.9. The van der Waals surface area contributed by atoms with Gasteiger partial charge in [0.2, 0.25) is 0 Å². The van der Waals surface area contributed by atoms with Crippen LogP contribution < -0.4 is 4.90 Å². The number of hydrogen-bond donors (Lipinski definition) is 0. The van der Waals surface area contributed by atoms with Gasteiger partial charge in [0, 0.05) is 19.7 Å². The van der Waals surface area contributed by atoms with E-state index >= 15 is 0 Å². The zero-order valence-corrected chi connectivity index (χ0v) is 17.7. The van der Waals surface area contributed by atoms with Gasteiger partial charge in [-0.1, -0.05) is 40.2 Å². The van der Waals surface area contributed by atoms with Crippen LogP contribution in [0, 0.1) is 24.7 Å². The molecule has 0 bridgehead atoms. The molecule has 0 saturated heterocycles. The summed E-state index contributed by atoms with van der Waals surface area (Å²) in [7, 11) is 1.76. The average Bonchev–Trinajstić information content (AvgIpc) is 2.62. The van der Waals surface area contributed by atoms with Gasteiger partial charge in [0.15, 0.2) is 0 Å². The van der Waals surface area contributed by atoms with Crippen LogP contribution in [0.5, 0.6) is 0 Å². The Morgan fingerprint density at radius 3 is 2.74 bits per heavy atom. The minimum absolute atomic E-state index is 0.0107. The first-order chi connectivity index (χ1) is 12.9. The van der Waals surface area contributed by atoms with Gasteiger partial charge in [-0.3, -0.25) is 9.79 Å². The molecule has 0 aromatic carbocycles. The van der Waals surface area contributed by atoms with E-state index in [1.165, 1.54) is 6.42 Å². The third kappa shape index (κ3) is 5.53. The highest BCUT2D eigenvalue weighted by Crippen LogP contribution is 2.35. The monoisotopic (exact) mass is 373 g/mol. The molecule has 2 rings (SSSR count). The van der Waals surface area contributed by atoms with Gasteiger partial charge in [-0.2, -0.15) is 0 Å². The summed E-state index contributed by atoms with van der Waals surface area (Å²) in [4.78, 5) is 23.6. The summed E-state index contributed by atoms with van der Waals surface area (Å²) in [5, 5.41) is 0. The lowest BCUT2D eigenvalue weighted by Gasteiger charge is -2.37. The first-order valence-electron chi connectivity index (χ1n) is 10.2. The van der Waals surface area contributed by atoms with Crippen molar-refractivity contribution in [1.29, 1.82) is 0 Å². The maximum atomic E-state index is 12.9. The molecule has 0 unspecified atom stereocenters. The molecule has 1 aliphatic rings. The molecule has 5 heteroatoms. The number of aromatic nitrogens is 1. The van der Waals surface area contributed by atoms with Crippen LogP contribution in [-0.2, 0) is 9.53 Å². The zero-order valence-electron chi connectivity index (χ0n) is 17.7. The Balaban J connectivity index is 2.17. The molecule has 0 radical (unpaired) electrons. The number of aryl methyl sites for hydroxylation is 1. The average molecular weight is 374 g/mol. The molecule has 0 amide bonds. The van der Waals surface area contributed by atoms with Crippen molar-refractivity contribution in [3.8, 4) is 0 Å². The number of rotatable bonds is 6. The Hall–Kier alpha value is -1.91. The second-order valence-electron chi connectivity index (χ2n) is 8.08. The van der Waals surface area contributed by atoms with Crippen LogP contribution in [0.25, 0.3) is 0 Å². The molecule has 0 spiro atoms. The molecule has 1 heterocycles. The largest absolute Gasteiger partial charge is 0.461 e. The molecule has 0 N–H and O–H groups in total. The van der Waals surface area contributed by atoms with Gasteiger partial charge in [0.1, 0.15) is 24.3 Å². The van der Waals surface area contributed by atoms with Gasteiger partial charge in [0.25, 0.3) is 0 Å². The van der Waals surface area contributed by atoms with Gasteiger partial charge in [0.05, 0.1) is 0 Å². The maximum absolute atomic E-state index is 12.9. The Morgan fingerprint density at radius 2 is 2.15 bits per heavy atom. The molecule has 1 aliphatic carbocycles. The first-order valence-corrected chi connectivity index (χ1v) is 10.2. The fourth-order valence-corrected chi connectivity index (χ4v) is 4.10. The van der Waals surface area contributed by atoms with Gasteiger partial charge < -0.3 is 9.64 Å². The van der Waals surface area contributed by atoms with E-state index in [1.54, 1.807) is 13.2 Å². The first kappa shape index (κ1) is 21.4. The second kappa shape index (κ2) is 9.86. The third-order valence-corrected chi connectivity index (χ3v) is 5.65. The van der Waals surface area contributed by atoms with E-state index < -0.39 is 0 Å². The summed E-state index contributed by atoms with van der Waals surface area (Å²) in [6.07, 6.45) is 5.81. The number of anilines is 1. The number of esters is 1. The maximum Gasteiger partial charge on any atom is 0.326 e. The van der Waals surface area contributed by atoms with Crippen LogP contribution in [0.3, 0.4) is 0 Å². The summed E-state index contributed by atoms with van der Waals surface area (Å²) >= 11 is 0. The quantitative estimate of drug-likeness (QED) is 0.414. The van der Waals surface area contributed by atoms with Crippen LogP contribution in [0.15, 0.2) is 23.3 Å². The fourth-order valence-electron chi connectivity index (χ4n) is 4.10. The van der Waals surface area contributed by atoms with Gasteiger partial charge in [-0.05, 0) is 49.1 Å². The number of carbonyl (C=O) groups excluding carboxylic acids is 1. The van der Waals surface area contributed by atoms with E-state index in [4.69, 9.17) is 4.74 Å². The van der Waals surface area contributed by atoms with Gasteiger partial charge in [-0.25, -0.2) is 4.98 Å². The van der Waals surface area contributed by atoms with Crippen LogP contribution in [0.1, 0.15) is 58.9 Å². The summed E-state index contributed by atoms with van der Waals surface area (Å²) in [5.74, 6) is 2.99. The van der Waals surface area contributed by atoms with E-state index in [2.05, 4.69) is 30.7 Å². The zero-order chi connectivity index (χ0) is 20.0. The lowest BCUT2D eigenvalue weighted by Crippen LogP contribution is -2.41. The minimum atomic E-state index is -0.195. The van der Waals surface area contributed by atoms with Crippen molar-refractivity contribution in [2.75, 3.05) is 18.5 Å². The van der Waals surface area contributed by atoms with Crippen LogP contribution in [0.4, 0.5) is 5.82 Å². The van der Waals surface area contributed by atoms with Crippen LogP contribution in [0.2, 0.25) is 0 Å². The van der Waals surface area contributed by atoms with Gasteiger partial charge >= 0.3 is 5.97 Å². The third-order valence-electron chi connectivity index (χ3n) is 5.65. The molecule has 1 fully saturated rings. The van der Waals surface area contributed by atoms with Crippen molar-refractivity contribution in [3.05, 3.63) is 23.9 Å². The molecule has 1 saturated carbocycles. The van der Waals surface area contributed by atoms with Crippen molar-refractivity contribution >= 4 is 17.6 Å². The van der Waals surface area contributed by atoms with Crippen molar-refractivity contribution in [3.63, 3.8) is 0 Å². The van der Waals surface area contributed by atoms with E-state index in [-0.39, 0.29) is 18.6 Å². The SMILES string of the molecule is CCC(=NC)N(CC(=O)O[C@@H]1C[C@H](C)CC[C@H]1C(C)C)c1ncccc1C. The minimum Gasteiger partial charge on any atom is -0.461 e. The predicted octanol–water partition coefficient (Wildman–Crippen LogP) is 4.64. The number of hydrogen-bond acceptors (Lipinski definition) is 4. The number of amidine groups is 1. The standard InChI is InChI=1S/C22H35N3O2/c1-7-20(23-6)25(22-17(5)9-8-12-24-22)14-21(26)27-19-13-16(4)10-11-18(19)15(2)3/h8-9,12,15-16,18-19H,7,10-11,13-14H2,1-6H3/t16-,18+,19-/m1/s1. The van der Waals surface area contributed by atoms with Crippen LogP contribution >= 0.6 is 0 Å². The Bertz CT molecular complexity index is 657. The van der Waals surface area contributed by atoms with Crippen molar-refractivity contribution in [2.24, 2.45) is 22.7 Å². The van der Waals surface area contributed by atoms with Gasteiger partial charge in [-0.15, -0.1) is 0 Å². The lowest BCUT2D eigenvalue weighted by atomic mass is 9.75. The lowest BCUT2D eigenvalue weighted by molar-refractivity contribution is -0.154. The molecular formula is C22H35N3O2. The summed E-state index contributed by atoms with van der Waals surface area (Å²) in [6, 6.07) is 3.90. The number of aliphatic imine (C=N–C) groups is 1. The molecule has 27 heavy (non-hydrogen) atoms. The number of pyridine rings is 1. The molecule has 1 aromatic heterocycles. The van der Waals surface area contributed by atoms with Crippen molar-refractivity contribution < 1.29 is 9.53 Å². The normalized spacial score (nSPS) is 23.4. The fraction of sp³-hybridized carbons (Fsp3) is 0.682. The van der Waals surface area contributed by atoms with Crippen molar-refractivity contribution in [2.45, 2.75) is 66.4 Å². The highest BCUT2D eigenvalue weighted by molar-refractivity contribution is 6.00. The second-order valence-corrected chi connectivity index (χ2v) is 8.08. The Kier molecular flexibility index (Phi) is 7.81. The van der Waals surface area contributed by atoms with E-state index in [0.29, 0.717) is 17.8 Å². The smallest absolute Gasteiger partial charge is 0.326 e. The molecule has 0 aliphatic heterocycles. The Labute approximate surface area is 164 Å². The van der Waals surface area contributed by atoms with Crippen LogP contribution in [-0.4, -0.2) is 36.5 Å². The topological polar surface area (TPSA) is 54.8 Å². The number of nitrogens with zero attached hydrogens (tertiary/aromatic N) is 3. The van der Waals surface area contributed by atoms with E-state index in [1.807, 2.05) is 30.9 Å². The highest BCUT2D eigenvalue weighted by Gasteiger charge is 2.34. The Morgan fingerprint density at radius 1 is 1.41 bits per heavy atom. The highest BCUT2D eigenvalue weighted by atomic mass is 16.5. The van der Waals surface area contributed by atoms with E-state index in [9.17, 15) is 4.79 Å². The predicted molar refractivity (Wildman–Crippen MR) is 111 cm³/mol. The molecule has 3 atom stereocenters. The molecular weight excluding hydrogens is 338 g/mol. The molecule has 1 aromatic rings. The van der Waals surface area contributed by atoms with E-state index in [0.717, 1.165) is 36.5 Å². The molecule has 150 valence electrons. The summed E-state index contributed by atoms with van der Waals surface area (Å²) in [5.41, 5.74) is 1.02.